The minimum Gasteiger partial charge on any atom is -0.396 e. The topological polar surface area (TPSA) is 23.5 Å². The van der Waals surface area contributed by atoms with Gasteiger partial charge >= 0.3 is 0 Å². The van der Waals surface area contributed by atoms with Crippen molar-refractivity contribution in [1.82, 2.24) is 4.90 Å². The van der Waals surface area contributed by atoms with E-state index in [4.69, 9.17) is 0 Å². The molecule has 0 spiro atoms. The second kappa shape index (κ2) is 8.79. The third-order valence-electron chi connectivity index (χ3n) is 5.99. The smallest absolute Gasteiger partial charge is 0.0492 e. The van der Waals surface area contributed by atoms with Crippen molar-refractivity contribution in [3.8, 4) is 0 Å². The average Bonchev–Trinajstić information content (AvgIpc) is 3.07. The lowest BCUT2D eigenvalue weighted by Crippen LogP contribution is -2.42. The van der Waals surface area contributed by atoms with E-state index in [1.54, 1.807) is 0 Å². The first-order valence-electron chi connectivity index (χ1n) is 9.69. The van der Waals surface area contributed by atoms with Crippen molar-refractivity contribution in [2.24, 2.45) is 0 Å². The molecule has 28 heavy (non-hydrogen) atoms. The van der Waals surface area contributed by atoms with Crippen LogP contribution in [0.1, 0.15) is 35.3 Å². The molecule has 0 saturated carbocycles. The van der Waals surface area contributed by atoms with Crippen molar-refractivity contribution in [2.75, 3.05) is 20.7 Å². The Morgan fingerprint density at radius 1 is 1.04 bits per heavy atom. The van der Waals surface area contributed by atoms with Crippen LogP contribution < -0.4 is 0 Å². The fraction of sp³-hybridized carbons (Fsp3) is 0.333. The Balaban J connectivity index is 0.00000225. The maximum absolute atomic E-state index is 9.55. The summed E-state index contributed by atoms with van der Waals surface area (Å²) in [6.07, 6.45) is 6.38. The predicted octanol–water partition coefficient (Wildman–Crippen LogP) is 5.88. The van der Waals surface area contributed by atoms with Gasteiger partial charge in [-0.2, -0.15) is 0 Å². The highest BCUT2D eigenvalue weighted by molar-refractivity contribution is 7.19. The van der Waals surface area contributed by atoms with E-state index in [1.165, 1.54) is 31.7 Å². The van der Waals surface area contributed by atoms with Gasteiger partial charge in [0, 0.05) is 33.5 Å². The van der Waals surface area contributed by atoms with Crippen LogP contribution >= 0.6 is 23.7 Å². The summed E-state index contributed by atoms with van der Waals surface area (Å²) in [5, 5.41) is 10.9. The van der Waals surface area contributed by atoms with Crippen LogP contribution in [0.3, 0.4) is 0 Å². The van der Waals surface area contributed by atoms with E-state index in [0.717, 1.165) is 25.7 Å². The molecule has 1 aliphatic carbocycles. The molecule has 0 aliphatic heterocycles. The molecule has 0 fully saturated rings. The lowest BCUT2D eigenvalue weighted by Gasteiger charge is -2.43. The monoisotopic (exact) mass is 413 g/mol. The van der Waals surface area contributed by atoms with E-state index < -0.39 is 0 Å². The molecule has 0 radical (unpaired) electrons. The molecule has 1 atom stereocenters. The van der Waals surface area contributed by atoms with Crippen molar-refractivity contribution in [1.29, 1.82) is 0 Å². The number of allylic oxidation sites excluding steroid dienone is 1. The highest BCUT2D eigenvalue weighted by atomic mass is 35.5. The minimum absolute atomic E-state index is 0. The van der Waals surface area contributed by atoms with Gasteiger partial charge in [-0.15, -0.1) is 23.7 Å². The Kier molecular flexibility index (Phi) is 6.61. The second-order valence-electron chi connectivity index (χ2n) is 7.60. The number of hydrogen-bond donors (Lipinski definition) is 1. The SMILES string of the molecule is CN(C)C1(c2ccccc2)CC=C(c2c(CCO)sc3ccccc23)CC1.Cl. The Hall–Kier alpha value is -1.65. The van der Waals surface area contributed by atoms with Crippen molar-refractivity contribution in [3.05, 3.63) is 76.7 Å². The van der Waals surface area contributed by atoms with E-state index in [-0.39, 0.29) is 24.6 Å². The zero-order chi connectivity index (χ0) is 18.9. The number of rotatable bonds is 5. The molecule has 2 nitrogen and oxygen atoms in total. The number of thiophene rings is 1. The van der Waals surface area contributed by atoms with E-state index in [2.05, 4.69) is 79.7 Å². The van der Waals surface area contributed by atoms with Gasteiger partial charge in [-0.05, 0) is 56.1 Å². The van der Waals surface area contributed by atoms with Crippen molar-refractivity contribution in [3.63, 3.8) is 0 Å². The van der Waals surface area contributed by atoms with Gasteiger partial charge in [-0.25, -0.2) is 0 Å². The molecule has 1 aromatic heterocycles. The molecule has 1 unspecified atom stereocenters. The molecule has 0 amide bonds. The lowest BCUT2D eigenvalue weighted by atomic mass is 9.75. The molecule has 148 valence electrons. The maximum Gasteiger partial charge on any atom is 0.0492 e. The third kappa shape index (κ3) is 3.65. The fourth-order valence-corrected chi connectivity index (χ4v) is 5.69. The van der Waals surface area contributed by atoms with Crippen LogP contribution in [-0.4, -0.2) is 30.7 Å². The van der Waals surface area contributed by atoms with Gasteiger partial charge in [-0.3, -0.25) is 4.90 Å². The molecule has 4 heteroatoms. The third-order valence-corrected chi connectivity index (χ3v) is 7.22. The zero-order valence-electron chi connectivity index (χ0n) is 16.5. The quantitative estimate of drug-likeness (QED) is 0.564. The highest BCUT2D eigenvalue weighted by Gasteiger charge is 2.36. The van der Waals surface area contributed by atoms with Crippen LogP contribution in [0.15, 0.2) is 60.7 Å². The standard InChI is InChI=1S/C24H27NOS.ClH/c1-25(2)24(19-8-4-3-5-9-19)15-12-18(13-16-24)23-20-10-6-7-11-21(20)27-22(23)14-17-26;/h3-12,26H,13-17H2,1-2H3;1H. The first-order chi connectivity index (χ1) is 13.2. The molecule has 1 aliphatic rings. The molecule has 1 N–H and O–H groups in total. The van der Waals surface area contributed by atoms with E-state index in [9.17, 15) is 5.11 Å². The molecule has 3 aromatic rings. The molecule has 4 rings (SSSR count). The van der Waals surface area contributed by atoms with Crippen molar-refractivity contribution in [2.45, 2.75) is 31.2 Å². The van der Waals surface area contributed by atoms with Crippen LogP contribution in [0.25, 0.3) is 15.7 Å². The van der Waals surface area contributed by atoms with Gasteiger partial charge in [0.1, 0.15) is 0 Å². The number of aliphatic hydroxyl groups excluding tert-OH is 1. The van der Waals surface area contributed by atoms with Gasteiger partial charge in [0.2, 0.25) is 0 Å². The number of aliphatic hydroxyl groups is 1. The summed E-state index contributed by atoms with van der Waals surface area (Å²) in [5.41, 5.74) is 4.29. The summed E-state index contributed by atoms with van der Waals surface area (Å²) in [4.78, 5) is 3.71. The molecule has 2 aromatic carbocycles. The number of nitrogens with zero attached hydrogens (tertiary/aromatic N) is 1. The summed E-state index contributed by atoms with van der Waals surface area (Å²) in [6.45, 7) is 0.207. The molecular weight excluding hydrogens is 386 g/mol. The number of benzene rings is 2. The van der Waals surface area contributed by atoms with E-state index >= 15 is 0 Å². The Labute approximate surface area is 177 Å². The fourth-order valence-electron chi connectivity index (χ4n) is 4.47. The lowest BCUT2D eigenvalue weighted by molar-refractivity contribution is 0.138. The largest absolute Gasteiger partial charge is 0.396 e. The summed E-state index contributed by atoms with van der Waals surface area (Å²) >= 11 is 1.83. The summed E-state index contributed by atoms with van der Waals surface area (Å²) in [5.74, 6) is 0. The average molecular weight is 414 g/mol. The van der Waals surface area contributed by atoms with Crippen LogP contribution in [0.2, 0.25) is 0 Å². The zero-order valence-corrected chi connectivity index (χ0v) is 18.2. The van der Waals surface area contributed by atoms with Crippen LogP contribution in [0.4, 0.5) is 0 Å². The first kappa shape index (κ1) is 21.1. The normalized spacial score (nSPS) is 19.5. The molecule has 1 heterocycles. The van der Waals surface area contributed by atoms with Gasteiger partial charge in [0.15, 0.2) is 0 Å². The Morgan fingerprint density at radius 2 is 1.75 bits per heavy atom. The van der Waals surface area contributed by atoms with Crippen molar-refractivity contribution >= 4 is 39.4 Å². The Bertz CT molecular complexity index is 963. The summed E-state index contributed by atoms with van der Waals surface area (Å²) < 4.78 is 1.32. The predicted molar refractivity (Wildman–Crippen MR) is 123 cm³/mol. The summed E-state index contributed by atoms with van der Waals surface area (Å²) in [7, 11) is 4.39. The van der Waals surface area contributed by atoms with E-state index in [0.29, 0.717) is 0 Å². The maximum atomic E-state index is 9.55. The molecule has 0 saturated heterocycles. The van der Waals surface area contributed by atoms with Gasteiger partial charge < -0.3 is 5.11 Å². The number of hydrogen-bond acceptors (Lipinski definition) is 3. The van der Waals surface area contributed by atoms with Gasteiger partial charge in [-0.1, -0.05) is 54.6 Å². The second-order valence-corrected chi connectivity index (χ2v) is 8.73. The van der Waals surface area contributed by atoms with Crippen LogP contribution in [-0.2, 0) is 12.0 Å². The first-order valence-corrected chi connectivity index (χ1v) is 10.5. The van der Waals surface area contributed by atoms with Crippen LogP contribution in [0, 0.1) is 0 Å². The minimum atomic E-state index is 0. The van der Waals surface area contributed by atoms with E-state index in [1.807, 2.05) is 11.3 Å². The number of halogens is 1. The van der Waals surface area contributed by atoms with Gasteiger partial charge in [0.05, 0.1) is 0 Å². The molecular formula is C24H28ClNOS. The Morgan fingerprint density at radius 3 is 2.39 bits per heavy atom. The van der Waals surface area contributed by atoms with Crippen LogP contribution in [0.5, 0.6) is 0 Å². The number of fused-ring (bicyclic) bond motifs is 1. The highest BCUT2D eigenvalue weighted by Crippen LogP contribution is 2.46. The van der Waals surface area contributed by atoms with Crippen molar-refractivity contribution < 1.29 is 5.11 Å². The summed E-state index contributed by atoms with van der Waals surface area (Å²) in [6, 6.07) is 19.6. The van der Waals surface area contributed by atoms with Gasteiger partial charge in [0.25, 0.3) is 0 Å². The molecule has 0 bridgehead atoms.